The number of halogens is 2. The lowest BCUT2D eigenvalue weighted by atomic mass is 10.1. The maximum absolute atomic E-state index is 12.5. The number of fused-ring (bicyclic) bond motifs is 1. The van der Waals surface area contributed by atoms with Crippen LogP contribution < -0.4 is 10.1 Å². The first-order valence-electron chi connectivity index (χ1n) is 10.2. The van der Waals surface area contributed by atoms with Crippen LogP contribution in [0.25, 0.3) is 17.5 Å². The summed E-state index contributed by atoms with van der Waals surface area (Å²) in [4.78, 5) is 12.2. The van der Waals surface area contributed by atoms with Crippen LogP contribution in [0.15, 0.2) is 54.6 Å². The minimum absolute atomic E-state index is 0.0124. The van der Waals surface area contributed by atoms with Gasteiger partial charge in [0, 0.05) is 35.9 Å². The second kappa shape index (κ2) is 9.51. The molecule has 0 radical (unpaired) electrons. The second-order valence-electron chi connectivity index (χ2n) is 7.22. The molecule has 0 saturated heterocycles. The maximum Gasteiger partial charge on any atom is 0.387 e. The number of amides is 1. The van der Waals surface area contributed by atoms with Crippen molar-refractivity contribution < 1.29 is 18.3 Å². The summed E-state index contributed by atoms with van der Waals surface area (Å²) < 4.78 is 31.6. The molecular formula is C23H22F2N4O2. The van der Waals surface area contributed by atoms with E-state index in [1.807, 2.05) is 12.1 Å². The molecule has 0 unspecified atom stereocenters. The zero-order chi connectivity index (χ0) is 21.6. The molecule has 1 aliphatic heterocycles. The summed E-state index contributed by atoms with van der Waals surface area (Å²) in [5.41, 5.74) is 1.94. The standard InChI is InChI=1S/C23H22F2N4O2/c24-23(25)31-19-7-4-3-6-16(19)11-14-21(30)26-18-12-9-17(10-13-18)22-28-27-20-8-2-1-5-15-29(20)22/h3-4,6-7,9-14,23H,1-2,5,8,15H2,(H,26,30)/b14-11+. The number of anilines is 1. The van der Waals surface area contributed by atoms with Crippen molar-refractivity contribution in [3.05, 3.63) is 66.0 Å². The number of alkyl halides is 2. The molecule has 0 aliphatic carbocycles. The van der Waals surface area contributed by atoms with E-state index < -0.39 is 6.61 Å². The average Bonchev–Trinajstić information content (AvgIpc) is 3.01. The molecule has 1 amide bonds. The molecular weight excluding hydrogens is 402 g/mol. The van der Waals surface area contributed by atoms with Crippen molar-refractivity contribution in [2.24, 2.45) is 0 Å². The number of nitrogens with zero attached hydrogens (tertiary/aromatic N) is 3. The fourth-order valence-electron chi connectivity index (χ4n) is 3.57. The highest BCUT2D eigenvalue weighted by atomic mass is 19.3. The Morgan fingerprint density at radius 3 is 2.68 bits per heavy atom. The van der Waals surface area contributed by atoms with Gasteiger partial charge in [0.2, 0.25) is 5.91 Å². The van der Waals surface area contributed by atoms with E-state index in [0.29, 0.717) is 11.3 Å². The predicted molar refractivity (Wildman–Crippen MR) is 114 cm³/mol. The van der Waals surface area contributed by atoms with Crippen LogP contribution in [-0.4, -0.2) is 27.3 Å². The molecule has 31 heavy (non-hydrogen) atoms. The summed E-state index contributed by atoms with van der Waals surface area (Å²) in [6.45, 7) is -2.01. The fourth-order valence-corrected chi connectivity index (χ4v) is 3.57. The highest BCUT2D eigenvalue weighted by Crippen LogP contribution is 2.24. The van der Waals surface area contributed by atoms with Gasteiger partial charge in [0.05, 0.1) is 0 Å². The lowest BCUT2D eigenvalue weighted by molar-refractivity contribution is -0.111. The molecule has 6 nitrogen and oxygen atoms in total. The number of para-hydroxylation sites is 1. The van der Waals surface area contributed by atoms with Crippen molar-refractivity contribution >= 4 is 17.7 Å². The first kappa shape index (κ1) is 20.7. The van der Waals surface area contributed by atoms with Crippen LogP contribution in [0, 0.1) is 0 Å². The highest BCUT2D eigenvalue weighted by Gasteiger charge is 2.16. The molecule has 0 fully saturated rings. The second-order valence-corrected chi connectivity index (χ2v) is 7.22. The van der Waals surface area contributed by atoms with Crippen LogP contribution >= 0.6 is 0 Å². The quantitative estimate of drug-likeness (QED) is 0.570. The number of aromatic nitrogens is 3. The Morgan fingerprint density at radius 1 is 1.06 bits per heavy atom. The fraction of sp³-hybridized carbons (Fsp3) is 0.261. The molecule has 0 bridgehead atoms. The first-order chi connectivity index (χ1) is 15.1. The lowest BCUT2D eigenvalue weighted by Gasteiger charge is -2.08. The van der Waals surface area contributed by atoms with Gasteiger partial charge in [-0.1, -0.05) is 24.6 Å². The van der Waals surface area contributed by atoms with Crippen LogP contribution in [0.1, 0.15) is 30.7 Å². The van der Waals surface area contributed by atoms with E-state index in [4.69, 9.17) is 0 Å². The molecule has 8 heteroatoms. The molecule has 1 N–H and O–H groups in total. The van der Waals surface area contributed by atoms with E-state index in [2.05, 4.69) is 24.8 Å². The normalized spacial score (nSPS) is 13.8. The minimum atomic E-state index is -2.93. The maximum atomic E-state index is 12.5. The van der Waals surface area contributed by atoms with Gasteiger partial charge >= 0.3 is 6.61 Å². The van der Waals surface area contributed by atoms with Crippen molar-refractivity contribution in [1.29, 1.82) is 0 Å². The summed E-state index contributed by atoms with van der Waals surface area (Å²) in [5, 5.41) is 11.4. The number of carbonyl (C=O) groups excluding carboxylic acids is 1. The molecule has 0 atom stereocenters. The molecule has 4 rings (SSSR count). The van der Waals surface area contributed by atoms with Gasteiger partial charge in [0.15, 0.2) is 5.82 Å². The number of nitrogens with one attached hydrogen (secondary N) is 1. The van der Waals surface area contributed by atoms with Crippen LogP contribution in [0.3, 0.4) is 0 Å². The smallest absolute Gasteiger partial charge is 0.387 e. The molecule has 1 aliphatic rings. The summed E-state index contributed by atoms with van der Waals surface area (Å²) in [7, 11) is 0. The number of aryl methyl sites for hydroxylation is 1. The van der Waals surface area contributed by atoms with Gasteiger partial charge in [-0.2, -0.15) is 8.78 Å². The van der Waals surface area contributed by atoms with E-state index in [-0.39, 0.29) is 11.7 Å². The third-order valence-electron chi connectivity index (χ3n) is 5.07. The molecule has 160 valence electrons. The molecule has 2 heterocycles. The Labute approximate surface area is 178 Å². The van der Waals surface area contributed by atoms with Gasteiger partial charge in [-0.3, -0.25) is 4.79 Å². The van der Waals surface area contributed by atoms with Crippen molar-refractivity contribution in [2.45, 2.75) is 38.8 Å². The number of ether oxygens (including phenoxy) is 1. The minimum Gasteiger partial charge on any atom is -0.434 e. The van der Waals surface area contributed by atoms with Crippen LogP contribution in [0.2, 0.25) is 0 Å². The van der Waals surface area contributed by atoms with Crippen molar-refractivity contribution in [3.8, 4) is 17.1 Å². The third kappa shape index (κ3) is 5.14. The van der Waals surface area contributed by atoms with Crippen molar-refractivity contribution in [2.75, 3.05) is 5.32 Å². The van der Waals surface area contributed by atoms with E-state index in [1.165, 1.54) is 24.6 Å². The summed E-state index contributed by atoms with van der Waals surface area (Å²) in [6.07, 6.45) is 7.10. The summed E-state index contributed by atoms with van der Waals surface area (Å²) >= 11 is 0. The molecule has 3 aromatic rings. The number of hydrogen-bond acceptors (Lipinski definition) is 4. The molecule has 0 spiro atoms. The topological polar surface area (TPSA) is 69.0 Å². The number of benzene rings is 2. The van der Waals surface area contributed by atoms with E-state index >= 15 is 0 Å². The van der Waals surface area contributed by atoms with Gasteiger partial charge < -0.3 is 14.6 Å². The molecule has 2 aromatic carbocycles. The highest BCUT2D eigenvalue weighted by molar-refractivity contribution is 6.02. The zero-order valence-electron chi connectivity index (χ0n) is 16.8. The Bertz CT molecular complexity index is 1080. The van der Waals surface area contributed by atoms with Crippen LogP contribution in [-0.2, 0) is 17.8 Å². The Balaban J connectivity index is 1.42. The number of rotatable bonds is 6. The van der Waals surface area contributed by atoms with Crippen molar-refractivity contribution in [1.82, 2.24) is 14.8 Å². The van der Waals surface area contributed by atoms with Crippen LogP contribution in [0.4, 0.5) is 14.5 Å². The molecule has 0 saturated carbocycles. The number of hydrogen-bond donors (Lipinski definition) is 1. The Hall–Kier alpha value is -3.55. The third-order valence-corrected chi connectivity index (χ3v) is 5.07. The van der Waals surface area contributed by atoms with E-state index in [0.717, 1.165) is 43.0 Å². The molecule has 1 aromatic heterocycles. The van der Waals surface area contributed by atoms with E-state index in [1.54, 1.807) is 30.3 Å². The summed E-state index contributed by atoms with van der Waals surface area (Å²) in [5.74, 6) is 1.49. The SMILES string of the molecule is O=C(/C=C/c1ccccc1OC(F)F)Nc1ccc(-c2nnc3n2CCCCC3)cc1. The first-order valence-corrected chi connectivity index (χ1v) is 10.2. The zero-order valence-corrected chi connectivity index (χ0v) is 16.8. The van der Waals surface area contributed by atoms with Gasteiger partial charge in [-0.05, 0) is 49.2 Å². The Kier molecular flexibility index (Phi) is 6.35. The summed E-state index contributed by atoms with van der Waals surface area (Å²) in [6, 6.07) is 13.7. The average molecular weight is 424 g/mol. The van der Waals surface area contributed by atoms with Crippen molar-refractivity contribution in [3.63, 3.8) is 0 Å². The van der Waals surface area contributed by atoms with Gasteiger partial charge in [0.25, 0.3) is 0 Å². The van der Waals surface area contributed by atoms with E-state index in [9.17, 15) is 13.6 Å². The lowest BCUT2D eigenvalue weighted by Crippen LogP contribution is -2.08. The largest absolute Gasteiger partial charge is 0.434 e. The predicted octanol–water partition coefficient (Wildman–Crippen LogP) is 4.92. The van der Waals surface area contributed by atoms with Gasteiger partial charge in [-0.15, -0.1) is 10.2 Å². The Morgan fingerprint density at radius 2 is 1.87 bits per heavy atom. The van der Waals surface area contributed by atoms with Gasteiger partial charge in [0.1, 0.15) is 11.6 Å². The number of carbonyl (C=O) groups is 1. The van der Waals surface area contributed by atoms with Gasteiger partial charge in [-0.25, -0.2) is 0 Å². The monoisotopic (exact) mass is 424 g/mol. The van der Waals surface area contributed by atoms with Crippen LogP contribution in [0.5, 0.6) is 5.75 Å².